The van der Waals surface area contributed by atoms with Gasteiger partial charge in [-0.3, -0.25) is 9.98 Å². The molecule has 0 bridgehead atoms. The molecule has 0 N–H and O–H groups in total. The molecule has 2 aliphatic heterocycles. The molecule has 0 fully saturated rings. The number of rotatable bonds is 8. The Bertz CT molecular complexity index is 1970. The van der Waals surface area contributed by atoms with Gasteiger partial charge >= 0.3 is 0 Å². The van der Waals surface area contributed by atoms with Gasteiger partial charge in [0.25, 0.3) is 0 Å². The first-order chi connectivity index (χ1) is 20.1. The van der Waals surface area contributed by atoms with Crippen LogP contribution in [0.5, 0.6) is 11.5 Å². The molecular weight excluding hydrogens is 561 g/mol. The molecule has 0 amide bonds. The van der Waals surface area contributed by atoms with E-state index in [-0.39, 0.29) is 29.3 Å². The average Bonchev–Trinajstić information content (AvgIpc) is 3.27. The lowest BCUT2D eigenvalue weighted by Crippen LogP contribution is -2.24. The summed E-state index contributed by atoms with van der Waals surface area (Å²) in [5.74, 6) is 2.78. The Morgan fingerprint density at radius 1 is 1.21 bits per heavy atom. The molecule has 11 nitrogen and oxygen atoms in total. The predicted octanol–water partition coefficient (Wildman–Crippen LogP) is 3.18. The standard InChI is InChI=1S/C29H29FN7O4S/c1-35(2)42(38,39)22-7-6-20(31-12-10-22)18-37-27(33-24-14-21(40-4)15-26(41-5)28(24)30)9-8-23-29(37)34-25(16-32-23)19-11-13-36(3)17-19/h6,8-12,14-17H,7,18H2,1-5H3/q+1. The van der Waals surface area contributed by atoms with Crippen LogP contribution in [-0.4, -0.2) is 79.3 Å². The molecule has 3 aromatic rings. The van der Waals surface area contributed by atoms with Crippen LogP contribution in [0.1, 0.15) is 12.1 Å². The summed E-state index contributed by atoms with van der Waals surface area (Å²) in [5.41, 5.74) is 3.40. The minimum absolute atomic E-state index is 0.000416. The molecule has 2 aromatic heterocycles. The Morgan fingerprint density at radius 2 is 2.02 bits per heavy atom. The number of sulfonamides is 1. The van der Waals surface area contributed by atoms with Crippen molar-refractivity contribution in [2.45, 2.75) is 13.0 Å². The van der Waals surface area contributed by atoms with E-state index in [4.69, 9.17) is 14.5 Å². The number of pyridine rings is 1. The van der Waals surface area contributed by atoms with Crippen molar-refractivity contribution in [1.82, 2.24) is 18.8 Å². The second-order valence-electron chi connectivity index (χ2n) is 9.58. The second kappa shape index (κ2) is 11.6. The average molecular weight is 591 g/mol. The molecular formula is C29H29FN7O4S+. The third-order valence-corrected chi connectivity index (χ3v) is 8.54. The van der Waals surface area contributed by atoms with E-state index in [1.54, 1.807) is 33.5 Å². The topological polar surface area (TPSA) is 114 Å². The first-order valence-electron chi connectivity index (χ1n) is 12.8. The minimum Gasteiger partial charge on any atom is -0.497 e. The fourth-order valence-electron chi connectivity index (χ4n) is 4.32. The van der Waals surface area contributed by atoms with Crippen LogP contribution < -0.4 is 15.0 Å². The molecule has 0 unspecified atom stereocenters. The summed E-state index contributed by atoms with van der Waals surface area (Å²) < 4.78 is 56.0. The first-order valence-corrected chi connectivity index (χ1v) is 14.3. The Hall–Kier alpha value is -4.71. The van der Waals surface area contributed by atoms with Crippen molar-refractivity contribution in [1.29, 1.82) is 0 Å². The zero-order valence-corrected chi connectivity index (χ0v) is 24.6. The van der Waals surface area contributed by atoms with E-state index in [1.807, 2.05) is 19.3 Å². The van der Waals surface area contributed by atoms with Crippen molar-refractivity contribution in [2.75, 3.05) is 35.4 Å². The van der Waals surface area contributed by atoms with Crippen LogP contribution in [0.3, 0.4) is 0 Å². The van der Waals surface area contributed by atoms with Crippen LogP contribution in [0.25, 0.3) is 16.7 Å². The molecule has 0 saturated heterocycles. The second-order valence-corrected chi connectivity index (χ2v) is 11.8. The van der Waals surface area contributed by atoms with Crippen LogP contribution in [-0.2, 0) is 16.6 Å². The smallest absolute Gasteiger partial charge is 0.239 e. The molecule has 42 heavy (non-hydrogen) atoms. The molecule has 13 heteroatoms. The summed E-state index contributed by atoms with van der Waals surface area (Å²) in [4.78, 5) is 18.8. The summed E-state index contributed by atoms with van der Waals surface area (Å²) in [5, 5.41) is 0. The van der Waals surface area contributed by atoms with Gasteiger partial charge in [0, 0.05) is 38.9 Å². The summed E-state index contributed by atoms with van der Waals surface area (Å²) >= 11 is 0. The lowest BCUT2D eigenvalue weighted by Gasteiger charge is -2.14. The SMILES string of the molecule is COc1cc(N=c2ccc3ncc(C4=C[N+](C)=C=C4)nc3n2CC2=CCC(S(=O)(=O)N(C)C)=CC=N2)c(F)c(OC)c1. The van der Waals surface area contributed by atoms with E-state index in [9.17, 15) is 8.42 Å². The van der Waals surface area contributed by atoms with Crippen LogP contribution in [0, 0.1) is 5.82 Å². The number of benzene rings is 1. The van der Waals surface area contributed by atoms with Crippen LogP contribution >= 0.6 is 0 Å². The van der Waals surface area contributed by atoms with Gasteiger partial charge in [-0.25, -0.2) is 27.1 Å². The van der Waals surface area contributed by atoms with Gasteiger partial charge in [0.2, 0.25) is 10.0 Å². The van der Waals surface area contributed by atoms with Crippen molar-refractivity contribution in [3.05, 3.63) is 82.5 Å². The maximum atomic E-state index is 15.3. The highest BCUT2D eigenvalue weighted by molar-refractivity contribution is 7.93. The van der Waals surface area contributed by atoms with E-state index in [0.29, 0.717) is 33.8 Å². The number of nitrogens with zero attached hydrogens (tertiary/aromatic N) is 7. The molecule has 0 aliphatic carbocycles. The number of halogens is 1. The summed E-state index contributed by atoms with van der Waals surface area (Å²) in [7, 11) is 4.05. The van der Waals surface area contributed by atoms with E-state index in [2.05, 4.69) is 20.8 Å². The minimum atomic E-state index is -3.61. The molecule has 0 saturated carbocycles. The molecule has 5 rings (SSSR count). The highest BCUT2D eigenvalue weighted by atomic mass is 32.2. The number of aliphatic imine (C=N–C) groups is 1. The van der Waals surface area contributed by atoms with Crippen molar-refractivity contribution < 1.29 is 26.9 Å². The zero-order chi connectivity index (χ0) is 30.0. The zero-order valence-electron chi connectivity index (χ0n) is 23.7. The highest BCUT2D eigenvalue weighted by Gasteiger charge is 2.21. The van der Waals surface area contributed by atoms with E-state index in [1.165, 1.54) is 52.7 Å². The summed E-state index contributed by atoms with van der Waals surface area (Å²) in [6.45, 7) is 0.150. The molecule has 0 atom stereocenters. The quantitative estimate of drug-likeness (QED) is 0.373. The van der Waals surface area contributed by atoms with Crippen molar-refractivity contribution >= 4 is 44.5 Å². The van der Waals surface area contributed by atoms with Crippen LogP contribution in [0.4, 0.5) is 10.1 Å². The van der Waals surface area contributed by atoms with E-state index < -0.39 is 15.8 Å². The fraction of sp³-hybridized carbons (Fsp3) is 0.241. The molecule has 4 heterocycles. The van der Waals surface area contributed by atoms with Gasteiger partial charge in [-0.05, 0) is 18.2 Å². The number of aromatic nitrogens is 3. The number of ether oxygens (including phenoxy) is 2. The maximum absolute atomic E-state index is 15.3. The molecule has 0 spiro atoms. The normalized spacial score (nSPS) is 15.5. The fourth-order valence-corrected chi connectivity index (χ4v) is 5.32. The summed E-state index contributed by atoms with van der Waals surface area (Å²) in [6.07, 6.45) is 10.2. The van der Waals surface area contributed by atoms with E-state index in [0.717, 1.165) is 9.88 Å². The van der Waals surface area contributed by atoms with Crippen LogP contribution in [0.2, 0.25) is 0 Å². The summed E-state index contributed by atoms with van der Waals surface area (Å²) in [6, 6.07) is 6.37. The van der Waals surface area contributed by atoms with Crippen LogP contribution in [0.15, 0.2) is 75.5 Å². The van der Waals surface area contributed by atoms with Crippen molar-refractivity contribution in [3.8, 4) is 11.5 Å². The lowest BCUT2D eigenvalue weighted by molar-refractivity contribution is -0.411. The van der Waals surface area contributed by atoms with Gasteiger partial charge < -0.3 is 14.0 Å². The molecule has 216 valence electrons. The Balaban J connectivity index is 1.68. The van der Waals surface area contributed by atoms with Crippen molar-refractivity contribution in [2.24, 2.45) is 9.98 Å². The Morgan fingerprint density at radius 3 is 2.71 bits per heavy atom. The van der Waals surface area contributed by atoms with E-state index >= 15 is 4.39 Å². The number of hydrogen-bond acceptors (Lipinski definition) is 8. The van der Waals surface area contributed by atoms with Gasteiger partial charge in [-0.1, -0.05) is 6.08 Å². The van der Waals surface area contributed by atoms with Crippen molar-refractivity contribution in [3.63, 3.8) is 0 Å². The van der Waals surface area contributed by atoms with Gasteiger partial charge in [-0.15, -0.1) is 0 Å². The highest BCUT2D eigenvalue weighted by Crippen LogP contribution is 2.32. The lowest BCUT2D eigenvalue weighted by atomic mass is 10.2. The van der Waals surface area contributed by atoms with Gasteiger partial charge in [0.1, 0.15) is 29.5 Å². The van der Waals surface area contributed by atoms with Gasteiger partial charge in [0.05, 0.1) is 54.9 Å². The number of methoxy groups -OCH3 is 2. The molecule has 2 aliphatic rings. The van der Waals surface area contributed by atoms with Gasteiger partial charge in [0.15, 0.2) is 29.3 Å². The largest absolute Gasteiger partial charge is 0.497 e. The number of hydrogen-bond donors (Lipinski definition) is 0. The third-order valence-electron chi connectivity index (χ3n) is 6.61. The maximum Gasteiger partial charge on any atom is 0.239 e. The molecule has 1 aromatic carbocycles. The number of allylic oxidation sites excluding steroid dienone is 6. The monoisotopic (exact) mass is 590 g/mol. The number of fused-ring (bicyclic) bond motifs is 1. The van der Waals surface area contributed by atoms with Gasteiger partial charge in [-0.2, -0.15) is 4.58 Å². The Kier molecular flexibility index (Phi) is 7.99. The Labute approximate surface area is 242 Å². The first kappa shape index (κ1) is 28.8. The predicted molar refractivity (Wildman–Crippen MR) is 158 cm³/mol. The third kappa shape index (κ3) is 5.70. The molecule has 0 radical (unpaired) electrons.